The molecular weight excluding hydrogens is 422 g/mol. The highest BCUT2D eigenvalue weighted by molar-refractivity contribution is 8.18. The lowest BCUT2D eigenvalue weighted by molar-refractivity contribution is -0.123. The van der Waals surface area contributed by atoms with Gasteiger partial charge in [-0.2, -0.15) is 5.26 Å². The Balaban J connectivity index is 1.83. The van der Waals surface area contributed by atoms with Gasteiger partial charge in [-0.15, -0.1) is 0 Å². The molecule has 0 spiro atoms. The van der Waals surface area contributed by atoms with E-state index in [2.05, 4.69) is 11.1 Å². The summed E-state index contributed by atoms with van der Waals surface area (Å²) in [6, 6.07) is 15.2. The van der Waals surface area contributed by atoms with E-state index in [0.29, 0.717) is 22.0 Å². The molecule has 1 fully saturated rings. The van der Waals surface area contributed by atoms with Crippen LogP contribution in [0, 0.1) is 11.3 Å². The van der Waals surface area contributed by atoms with Crippen molar-refractivity contribution in [1.82, 2.24) is 4.90 Å². The SMILES string of the molecule is COc1cc(/C=C2/SC(=NC(C)C)N(C(C)C)C2=O)ccc1OCc1ccccc1C#N. The first-order valence-corrected chi connectivity index (χ1v) is 11.3. The molecule has 6 nitrogen and oxygen atoms in total. The highest BCUT2D eigenvalue weighted by atomic mass is 32.2. The Kier molecular flexibility index (Phi) is 7.60. The topological polar surface area (TPSA) is 74.9 Å². The van der Waals surface area contributed by atoms with Crippen LogP contribution in [0.5, 0.6) is 11.5 Å². The molecule has 0 atom stereocenters. The second kappa shape index (κ2) is 10.4. The number of benzene rings is 2. The van der Waals surface area contributed by atoms with Crippen molar-refractivity contribution in [2.45, 2.75) is 46.4 Å². The Morgan fingerprint density at radius 1 is 1.16 bits per heavy atom. The molecule has 0 radical (unpaired) electrons. The molecule has 0 saturated carbocycles. The van der Waals surface area contributed by atoms with Gasteiger partial charge in [0.05, 0.1) is 23.6 Å². The summed E-state index contributed by atoms with van der Waals surface area (Å²) in [5.41, 5.74) is 2.22. The molecule has 3 rings (SSSR count). The Labute approximate surface area is 193 Å². The Morgan fingerprint density at radius 3 is 2.56 bits per heavy atom. The first-order chi connectivity index (χ1) is 15.3. The van der Waals surface area contributed by atoms with Crippen molar-refractivity contribution in [2.75, 3.05) is 7.11 Å². The highest BCUT2D eigenvalue weighted by Gasteiger charge is 2.35. The van der Waals surface area contributed by atoms with Gasteiger partial charge in [-0.05, 0) is 69.3 Å². The van der Waals surface area contributed by atoms with Crippen molar-refractivity contribution in [1.29, 1.82) is 5.26 Å². The van der Waals surface area contributed by atoms with Crippen LogP contribution < -0.4 is 9.47 Å². The number of rotatable bonds is 7. The van der Waals surface area contributed by atoms with Gasteiger partial charge in [-0.25, -0.2) is 0 Å². The van der Waals surface area contributed by atoms with E-state index in [9.17, 15) is 10.1 Å². The molecule has 0 aromatic heterocycles. The summed E-state index contributed by atoms with van der Waals surface area (Å²) in [4.78, 5) is 19.9. The number of nitriles is 1. The second-order valence-electron chi connectivity index (χ2n) is 7.85. The largest absolute Gasteiger partial charge is 0.493 e. The predicted octanol–water partition coefficient (Wildman–Crippen LogP) is 5.23. The maximum absolute atomic E-state index is 13.0. The maximum Gasteiger partial charge on any atom is 0.266 e. The minimum atomic E-state index is -0.0446. The minimum Gasteiger partial charge on any atom is -0.493 e. The molecule has 1 amide bonds. The van der Waals surface area contributed by atoms with Crippen LogP contribution in [0.25, 0.3) is 6.08 Å². The summed E-state index contributed by atoms with van der Waals surface area (Å²) in [6.07, 6.45) is 1.85. The van der Waals surface area contributed by atoms with Gasteiger partial charge in [0.1, 0.15) is 6.61 Å². The Bertz CT molecular complexity index is 1100. The average molecular weight is 450 g/mol. The lowest BCUT2D eigenvalue weighted by atomic mass is 10.1. The van der Waals surface area contributed by atoms with Gasteiger partial charge < -0.3 is 9.47 Å². The van der Waals surface area contributed by atoms with Gasteiger partial charge in [0.25, 0.3) is 5.91 Å². The molecule has 1 heterocycles. The van der Waals surface area contributed by atoms with Crippen LogP contribution in [0.1, 0.15) is 44.4 Å². The number of aliphatic imine (C=N–C) groups is 1. The zero-order valence-corrected chi connectivity index (χ0v) is 19.8. The number of amides is 1. The van der Waals surface area contributed by atoms with Crippen LogP contribution in [-0.2, 0) is 11.4 Å². The maximum atomic E-state index is 13.0. The monoisotopic (exact) mass is 449 g/mol. The number of carbonyl (C=O) groups is 1. The number of methoxy groups -OCH3 is 1. The summed E-state index contributed by atoms with van der Waals surface area (Å²) in [5.74, 6) is 1.08. The molecule has 166 valence electrons. The molecule has 1 saturated heterocycles. The molecule has 2 aromatic carbocycles. The number of carbonyl (C=O) groups excluding carboxylic acids is 1. The first-order valence-electron chi connectivity index (χ1n) is 10.4. The quantitative estimate of drug-likeness (QED) is 0.541. The van der Waals surface area contributed by atoms with E-state index in [1.54, 1.807) is 18.1 Å². The van der Waals surface area contributed by atoms with E-state index < -0.39 is 0 Å². The lowest BCUT2D eigenvalue weighted by Gasteiger charge is -2.20. The van der Waals surface area contributed by atoms with Crippen molar-refractivity contribution in [3.63, 3.8) is 0 Å². The Morgan fingerprint density at radius 2 is 1.91 bits per heavy atom. The van der Waals surface area contributed by atoms with Crippen molar-refractivity contribution in [3.8, 4) is 17.6 Å². The zero-order valence-electron chi connectivity index (χ0n) is 19.0. The van der Waals surface area contributed by atoms with E-state index in [1.165, 1.54) is 11.8 Å². The number of ether oxygens (including phenoxy) is 2. The molecule has 32 heavy (non-hydrogen) atoms. The van der Waals surface area contributed by atoms with E-state index in [1.807, 2.05) is 70.2 Å². The van der Waals surface area contributed by atoms with Gasteiger partial charge in [0.15, 0.2) is 16.7 Å². The van der Waals surface area contributed by atoms with Crippen molar-refractivity contribution in [3.05, 3.63) is 64.1 Å². The standard InChI is InChI=1S/C25H27N3O3S/c1-16(2)27-25-28(17(3)4)24(29)23(32-25)13-18-10-11-21(22(12-18)30-5)31-15-20-9-7-6-8-19(20)14-26/h6-13,16-17H,15H2,1-5H3/b23-13+,27-25?. The third-order valence-electron chi connectivity index (χ3n) is 4.73. The summed E-state index contributed by atoms with van der Waals surface area (Å²) in [5, 5.41) is 9.98. The second-order valence-corrected chi connectivity index (χ2v) is 8.86. The molecule has 2 aromatic rings. The lowest BCUT2D eigenvalue weighted by Crippen LogP contribution is -2.35. The fraction of sp³-hybridized carbons (Fsp3) is 0.320. The molecule has 1 aliphatic heterocycles. The van der Waals surface area contributed by atoms with Gasteiger partial charge >= 0.3 is 0 Å². The molecule has 0 N–H and O–H groups in total. The molecule has 7 heteroatoms. The molecule has 0 aliphatic carbocycles. The number of hydrogen-bond acceptors (Lipinski definition) is 6. The van der Waals surface area contributed by atoms with E-state index >= 15 is 0 Å². The van der Waals surface area contributed by atoms with Gasteiger partial charge in [-0.3, -0.25) is 14.7 Å². The van der Waals surface area contributed by atoms with Crippen LogP contribution in [0.2, 0.25) is 0 Å². The minimum absolute atomic E-state index is 0.0278. The molecule has 0 bridgehead atoms. The van der Waals surface area contributed by atoms with Crippen LogP contribution in [-0.4, -0.2) is 35.2 Å². The van der Waals surface area contributed by atoms with Crippen LogP contribution in [0.3, 0.4) is 0 Å². The predicted molar refractivity (Wildman–Crippen MR) is 129 cm³/mol. The Hall–Kier alpha value is -3.24. The molecule has 0 unspecified atom stereocenters. The number of hydrogen-bond donors (Lipinski definition) is 0. The van der Waals surface area contributed by atoms with Crippen molar-refractivity contribution < 1.29 is 14.3 Å². The van der Waals surface area contributed by atoms with Crippen molar-refractivity contribution in [2.24, 2.45) is 4.99 Å². The number of nitrogens with zero attached hydrogens (tertiary/aromatic N) is 3. The smallest absolute Gasteiger partial charge is 0.266 e. The molecular formula is C25H27N3O3S. The number of amidine groups is 1. The first kappa shape index (κ1) is 23.4. The van der Waals surface area contributed by atoms with Gasteiger partial charge in [0.2, 0.25) is 0 Å². The normalized spacial score (nSPS) is 16.3. The van der Waals surface area contributed by atoms with Gasteiger partial charge in [-0.1, -0.05) is 24.3 Å². The van der Waals surface area contributed by atoms with Crippen molar-refractivity contribution >= 4 is 28.9 Å². The van der Waals surface area contributed by atoms with Crippen LogP contribution in [0.15, 0.2) is 52.4 Å². The van der Waals surface area contributed by atoms with Crippen LogP contribution in [0.4, 0.5) is 0 Å². The summed E-state index contributed by atoms with van der Waals surface area (Å²) < 4.78 is 11.4. The fourth-order valence-electron chi connectivity index (χ4n) is 3.21. The average Bonchev–Trinajstić information content (AvgIpc) is 3.06. The summed E-state index contributed by atoms with van der Waals surface area (Å²) >= 11 is 1.39. The summed E-state index contributed by atoms with van der Waals surface area (Å²) in [7, 11) is 1.58. The van der Waals surface area contributed by atoms with E-state index in [-0.39, 0.29) is 24.6 Å². The third-order valence-corrected chi connectivity index (χ3v) is 5.73. The zero-order chi connectivity index (χ0) is 23.3. The number of thioether (sulfide) groups is 1. The van der Waals surface area contributed by atoms with Crippen LogP contribution >= 0.6 is 11.8 Å². The van der Waals surface area contributed by atoms with E-state index in [4.69, 9.17) is 9.47 Å². The summed E-state index contributed by atoms with van der Waals surface area (Å²) in [6.45, 7) is 8.22. The van der Waals surface area contributed by atoms with Gasteiger partial charge in [0, 0.05) is 17.6 Å². The molecule has 1 aliphatic rings. The third kappa shape index (κ3) is 5.32. The fourth-order valence-corrected chi connectivity index (χ4v) is 4.44. The van der Waals surface area contributed by atoms with E-state index in [0.717, 1.165) is 16.3 Å². The highest BCUT2D eigenvalue weighted by Crippen LogP contribution is 2.36.